The molecule has 0 amide bonds. The fourth-order valence-electron chi connectivity index (χ4n) is 2.28. The summed E-state index contributed by atoms with van der Waals surface area (Å²) in [7, 11) is -1.95. The normalized spacial score (nSPS) is 17.6. The van der Waals surface area contributed by atoms with Crippen LogP contribution in [0.2, 0.25) is 0 Å². The van der Waals surface area contributed by atoms with Crippen LogP contribution in [0.15, 0.2) is 16.6 Å². The zero-order valence-corrected chi connectivity index (χ0v) is 12.6. The van der Waals surface area contributed by atoms with Gasteiger partial charge in [-0.1, -0.05) is 0 Å². The maximum atomic E-state index is 12.6. The predicted octanol–water partition coefficient (Wildman–Crippen LogP) is 0.895. The molecule has 0 aliphatic carbocycles. The fourth-order valence-corrected chi connectivity index (χ4v) is 4.64. The molecule has 1 aliphatic rings. The molecule has 0 spiro atoms. The Kier molecular flexibility index (Phi) is 3.67. The van der Waals surface area contributed by atoms with Crippen molar-refractivity contribution in [3.63, 3.8) is 0 Å². The van der Waals surface area contributed by atoms with E-state index in [4.69, 9.17) is 4.74 Å². The number of imidazole rings is 1. The van der Waals surface area contributed by atoms with Crippen molar-refractivity contribution >= 4 is 32.1 Å². The molecule has 3 heterocycles. The van der Waals surface area contributed by atoms with Crippen molar-refractivity contribution in [1.29, 1.82) is 0 Å². The van der Waals surface area contributed by atoms with Gasteiger partial charge in [-0.3, -0.25) is 4.40 Å². The van der Waals surface area contributed by atoms with Crippen LogP contribution in [-0.4, -0.2) is 44.1 Å². The highest BCUT2D eigenvalue weighted by molar-refractivity contribution is 7.89. The van der Waals surface area contributed by atoms with Gasteiger partial charge in [-0.05, 0) is 12.8 Å². The van der Waals surface area contributed by atoms with Crippen LogP contribution in [0.4, 0.5) is 5.82 Å². The SMILES string of the molecule is CNc1nc2sccn2c1S(=O)(=O)NC1CCOCC1. The lowest BCUT2D eigenvalue weighted by Gasteiger charge is -2.22. The minimum absolute atomic E-state index is 0.0809. The van der Waals surface area contributed by atoms with E-state index in [0.29, 0.717) is 36.8 Å². The number of sulfonamides is 1. The van der Waals surface area contributed by atoms with E-state index in [-0.39, 0.29) is 11.1 Å². The number of nitrogens with zero attached hydrogens (tertiary/aromatic N) is 2. The molecular weight excluding hydrogens is 300 g/mol. The van der Waals surface area contributed by atoms with Gasteiger partial charge in [0.15, 0.2) is 15.8 Å². The fraction of sp³-hybridized carbons (Fsp3) is 0.545. The summed E-state index contributed by atoms with van der Waals surface area (Å²) in [4.78, 5) is 4.93. The maximum Gasteiger partial charge on any atom is 0.260 e. The third kappa shape index (κ3) is 2.41. The van der Waals surface area contributed by atoms with E-state index in [1.807, 2.05) is 5.38 Å². The van der Waals surface area contributed by atoms with Crippen LogP contribution < -0.4 is 10.0 Å². The van der Waals surface area contributed by atoms with Crippen LogP contribution in [0.5, 0.6) is 0 Å². The highest BCUT2D eigenvalue weighted by atomic mass is 32.2. The van der Waals surface area contributed by atoms with Gasteiger partial charge in [-0.15, -0.1) is 11.3 Å². The Morgan fingerprint density at radius 1 is 1.45 bits per heavy atom. The number of ether oxygens (including phenoxy) is 1. The largest absolute Gasteiger partial charge is 0.381 e. The number of aromatic nitrogens is 2. The lowest BCUT2D eigenvalue weighted by atomic mass is 10.1. The number of hydrogen-bond acceptors (Lipinski definition) is 6. The molecule has 1 saturated heterocycles. The van der Waals surface area contributed by atoms with Gasteiger partial charge in [0, 0.05) is 37.9 Å². The Bertz CT molecular complexity index is 700. The van der Waals surface area contributed by atoms with Crippen LogP contribution in [0, 0.1) is 0 Å². The Hall–Kier alpha value is -1.16. The molecule has 1 fully saturated rings. The van der Waals surface area contributed by atoms with Crippen LogP contribution >= 0.6 is 11.3 Å². The first-order chi connectivity index (χ1) is 9.62. The molecule has 2 aromatic heterocycles. The highest BCUT2D eigenvalue weighted by Crippen LogP contribution is 2.25. The maximum absolute atomic E-state index is 12.6. The number of fused-ring (bicyclic) bond motifs is 1. The van der Waals surface area contributed by atoms with E-state index in [1.165, 1.54) is 11.3 Å². The Balaban J connectivity index is 1.97. The van der Waals surface area contributed by atoms with Gasteiger partial charge >= 0.3 is 0 Å². The molecule has 2 aromatic rings. The second-order valence-electron chi connectivity index (χ2n) is 4.58. The van der Waals surface area contributed by atoms with Gasteiger partial charge < -0.3 is 10.1 Å². The molecule has 0 aromatic carbocycles. The summed E-state index contributed by atoms with van der Waals surface area (Å²) in [6.07, 6.45) is 3.10. The first-order valence-corrected chi connectivity index (χ1v) is 8.71. The van der Waals surface area contributed by atoms with Crippen molar-refractivity contribution in [2.75, 3.05) is 25.6 Å². The van der Waals surface area contributed by atoms with Crippen LogP contribution in [0.25, 0.3) is 4.96 Å². The molecule has 0 atom stereocenters. The van der Waals surface area contributed by atoms with Gasteiger partial charge in [0.2, 0.25) is 0 Å². The second-order valence-corrected chi connectivity index (χ2v) is 7.08. The molecule has 20 heavy (non-hydrogen) atoms. The lowest BCUT2D eigenvalue weighted by Crippen LogP contribution is -2.39. The van der Waals surface area contributed by atoms with Crippen molar-refractivity contribution in [3.8, 4) is 0 Å². The zero-order chi connectivity index (χ0) is 14.2. The zero-order valence-electron chi connectivity index (χ0n) is 11.0. The molecule has 3 rings (SSSR count). The van der Waals surface area contributed by atoms with Crippen molar-refractivity contribution in [3.05, 3.63) is 11.6 Å². The average Bonchev–Trinajstić information content (AvgIpc) is 2.98. The molecule has 0 unspecified atom stereocenters. The summed E-state index contributed by atoms with van der Waals surface area (Å²) in [6, 6.07) is -0.0809. The van der Waals surface area contributed by atoms with Gasteiger partial charge in [-0.2, -0.15) is 0 Å². The van der Waals surface area contributed by atoms with Crippen LogP contribution in [0.1, 0.15) is 12.8 Å². The molecule has 2 N–H and O–H groups in total. The van der Waals surface area contributed by atoms with Gasteiger partial charge in [-0.25, -0.2) is 18.1 Å². The number of thiazole rings is 1. The van der Waals surface area contributed by atoms with E-state index in [2.05, 4.69) is 15.0 Å². The second kappa shape index (κ2) is 5.32. The number of hydrogen-bond donors (Lipinski definition) is 2. The number of nitrogens with one attached hydrogen (secondary N) is 2. The average molecular weight is 316 g/mol. The minimum atomic E-state index is -3.62. The summed E-state index contributed by atoms with van der Waals surface area (Å²) in [6.45, 7) is 1.18. The Labute approximate surface area is 121 Å². The van der Waals surface area contributed by atoms with Crippen LogP contribution in [-0.2, 0) is 14.8 Å². The Morgan fingerprint density at radius 3 is 2.90 bits per heavy atom. The summed E-state index contributed by atoms with van der Waals surface area (Å²) < 4.78 is 34.8. The third-order valence-corrected chi connectivity index (χ3v) is 5.55. The summed E-state index contributed by atoms with van der Waals surface area (Å²) in [5, 5.41) is 4.83. The van der Waals surface area contributed by atoms with E-state index in [0.717, 1.165) is 0 Å². The summed E-state index contributed by atoms with van der Waals surface area (Å²) >= 11 is 1.40. The molecule has 1 aliphatic heterocycles. The molecule has 0 saturated carbocycles. The minimum Gasteiger partial charge on any atom is -0.381 e. The smallest absolute Gasteiger partial charge is 0.260 e. The summed E-state index contributed by atoms with van der Waals surface area (Å²) in [5.41, 5.74) is 0. The van der Waals surface area contributed by atoms with Gasteiger partial charge in [0.05, 0.1) is 0 Å². The molecule has 110 valence electrons. The summed E-state index contributed by atoms with van der Waals surface area (Å²) in [5.74, 6) is 0.372. The molecule has 9 heteroatoms. The van der Waals surface area contributed by atoms with E-state index in [1.54, 1.807) is 17.6 Å². The molecule has 0 radical (unpaired) electrons. The molecular formula is C11H16N4O3S2. The molecule has 0 bridgehead atoms. The number of rotatable bonds is 4. The van der Waals surface area contributed by atoms with Crippen molar-refractivity contribution in [2.45, 2.75) is 23.9 Å². The van der Waals surface area contributed by atoms with Crippen LogP contribution in [0.3, 0.4) is 0 Å². The van der Waals surface area contributed by atoms with Crippen molar-refractivity contribution in [1.82, 2.24) is 14.1 Å². The van der Waals surface area contributed by atoms with Crippen molar-refractivity contribution in [2.24, 2.45) is 0 Å². The monoisotopic (exact) mass is 316 g/mol. The first-order valence-electron chi connectivity index (χ1n) is 6.35. The van der Waals surface area contributed by atoms with Gasteiger partial charge in [0.25, 0.3) is 10.0 Å². The third-order valence-electron chi connectivity index (χ3n) is 3.25. The van der Waals surface area contributed by atoms with E-state index < -0.39 is 10.0 Å². The lowest BCUT2D eigenvalue weighted by molar-refractivity contribution is 0.0832. The molecule has 7 nitrogen and oxygen atoms in total. The quantitative estimate of drug-likeness (QED) is 0.875. The number of anilines is 1. The first kappa shape index (κ1) is 13.8. The topological polar surface area (TPSA) is 84.7 Å². The standard InChI is InChI=1S/C11H16N4O3S2/c1-12-9-10(15-4-7-19-11(15)13-9)20(16,17)14-8-2-5-18-6-3-8/h4,7-8,12,14H,2-3,5-6H2,1H3. The predicted molar refractivity (Wildman–Crippen MR) is 76.8 cm³/mol. The van der Waals surface area contributed by atoms with E-state index >= 15 is 0 Å². The van der Waals surface area contributed by atoms with Gasteiger partial charge in [0.1, 0.15) is 0 Å². The highest BCUT2D eigenvalue weighted by Gasteiger charge is 2.28. The Morgan fingerprint density at radius 2 is 2.20 bits per heavy atom. The van der Waals surface area contributed by atoms with Crippen molar-refractivity contribution < 1.29 is 13.2 Å². The van der Waals surface area contributed by atoms with E-state index in [9.17, 15) is 8.42 Å².